The van der Waals surface area contributed by atoms with Gasteiger partial charge >= 0.3 is 0 Å². The first-order valence-electron chi connectivity index (χ1n) is 4.16. The Kier molecular flexibility index (Phi) is 2.37. The molecule has 0 N–H and O–H groups in total. The summed E-state index contributed by atoms with van der Waals surface area (Å²) >= 11 is 0. The van der Waals surface area contributed by atoms with Crippen molar-refractivity contribution in [1.29, 1.82) is 5.26 Å². The molecule has 0 saturated heterocycles. The average Bonchev–Trinajstić information content (AvgIpc) is 1.82. The summed E-state index contributed by atoms with van der Waals surface area (Å²) in [7, 11) is 0. The first kappa shape index (κ1) is 9.05. The molecule has 0 bridgehead atoms. The largest absolute Gasteiger partial charge is 0.477 e. The van der Waals surface area contributed by atoms with E-state index in [4.69, 9.17) is 10.00 Å². The van der Waals surface area contributed by atoms with Gasteiger partial charge in [-0.1, -0.05) is 0 Å². The third kappa shape index (κ3) is 2.23. The fourth-order valence-electron chi connectivity index (χ4n) is 1.54. The second-order valence-corrected chi connectivity index (χ2v) is 3.79. The molecule has 1 atom stereocenters. The molecule has 1 aliphatic heterocycles. The fraction of sp³-hybridized carbons (Fsp3) is 0.778. The van der Waals surface area contributed by atoms with E-state index in [1.165, 1.54) is 0 Å². The Morgan fingerprint density at radius 1 is 1.75 bits per heavy atom. The molecule has 1 unspecified atom stereocenters. The lowest BCUT2D eigenvalue weighted by molar-refractivity contribution is 0.141. The van der Waals surface area contributed by atoms with Crippen LogP contribution in [0.25, 0.3) is 0 Å². The van der Waals surface area contributed by atoms with Crippen LogP contribution in [-0.4, -0.2) is 17.5 Å². The van der Waals surface area contributed by atoms with Crippen LogP contribution in [0.2, 0.25) is 0 Å². The maximum Gasteiger partial charge on any atom is 0.198 e. The Balaban J connectivity index is 2.75. The Morgan fingerprint density at radius 3 is 2.92 bits per heavy atom. The molecule has 1 heterocycles. The topological polar surface area (TPSA) is 45.4 Å². The van der Waals surface area contributed by atoms with Crippen molar-refractivity contribution in [3.63, 3.8) is 0 Å². The van der Waals surface area contributed by atoms with Crippen molar-refractivity contribution >= 4 is 5.90 Å². The summed E-state index contributed by atoms with van der Waals surface area (Å²) in [6, 6.07) is 2.04. The van der Waals surface area contributed by atoms with Crippen molar-refractivity contribution in [1.82, 2.24) is 0 Å². The van der Waals surface area contributed by atoms with E-state index < -0.39 is 0 Å². The molecule has 0 spiro atoms. The second-order valence-electron chi connectivity index (χ2n) is 3.79. The normalized spacial score (nSPS) is 26.8. The molecule has 0 aromatic heterocycles. The molecule has 0 aliphatic carbocycles. The quantitative estimate of drug-likeness (QED) is 0.597. The highest BCUT2D eigenvalue weighted by molar-refractivity contribution is 5.79. The van der Waals surface area contributed by atoms with Crippen LogP contribution in [0.5, 0.6) is 0 Å². The second kappa shape index (κ2) is 3.14. The molecule has 0 saturated carbocycles. The number of nitriles is 1. The van der Waals surface area contributed by atoms with E-state index in [2.05, 4.69) is 18.8 Å². The lowest BCUT2D eigenvalue weighted by Gasteiger charge is -2.30. The Bertz CT molecular complexity index is 237. The molecule has 1 aliphatic rings. The summed E-state index contributed by atoms with van der Waals surface area (Å²) in [4.78, 5) is 4.33. The molecule has 66 valence electrons. The molecule has 0 radical (unpaired) electrons. The zero-order valence-corrected chi connectivity index (χ0v) is 7.79. The van der Waals surface area contributed by atoms with Gasteiger partial charge in [-0.2, -0.15) is 5.26 Å². The van der Waals surface area contributed by atoms with Gasteiger partial charge in [0.2, 0.25) is 0 Å². The van der Waals surface area contributed by atoms with Gasteiger partial charge < -0.3 is 4.74 Å². The van der Waals surface area contributed by atoms with Crippen molar-refractivity contribution in [2.75, 3.05) is 0 Å². The number of nitrogens with zero attached hydrogens (tertiary/aromatic N) is 2. The van der Waals surface area contributed by atoms with Crippen LogP contribution in [0.15, 0.2) is 4.99 Å². The van der Waals surface area contributed by atoms with Gasteiger partial charge in [0.15, 0.2) is 5.90 Å². The third-order valence-electron chi connectivity index (χ3n) is 1.78. The summed E-state index contributed by atoms with van der Waals surface area (Å²) in [5.41, 5.74) is -0.0656. The molecule has 0 aromatic carbocycles. The summed E-state index contributed by atoms with van der Waals surface area (Å²) < 4.78 is 5.39. The van der Waals surface area contributed by atoms with Crippen LogP contribution in [0, 0.1) is 11.3 Å². The van der Waals surface area contributed by atoms with Gasteiger partial charge in [-0.15, -0.1) is 0 Å². The maximum absolute atomic E-state index is 8.46. The molecule has 12 heavy (non-hydrogen) atoms. The van der Waals surface area contributed by atoms with Gasteiger partial charge in [0.1, 0.15) is 6.42 Å². The number of hydrogen-bond donors (Lipinski definition) is 0. The minimum absolute atomic E-state index is 0.0656. The zero-order chi connectivity index (χ0) is 9.19. The van der Waals surface area contributed by atoms with Crippen molar-refractivity contribution in [3.05, 3.63) is 0 Å². The van der Waals surface area contributed by atoms with Gasteiger partial charge in [-0.25, -0.2) is 4.99 Å². The maximum atomic E-state index is 8.46. The van der Waals surface area contributed by atoms with Gasteiger partial charge in [-0.05, 0) is 20.8 Å². The van der Waals surface area contributed by atoms with Crippen LogP contribution in [0.4, 0.5) is 0 Å². The van der Waals surface area contributed by atoms with Crippen molar-refractivity contribution in [2.24, 2.45) is 4.99 Å². The summed E-state index contributed by atoms with van der Waals surface area (Å²) in [6.45, 7) is 6.13. The van der Waals surface area contributed by atoms with Gasteiger partial charge in [0, 0.05) is 6.42 Å². The molecule has 0 fully saturated rings. The Labute approximate surface area is 73.1 Å². The highest BCUT2D eigenvalue weighted by Crippen LogP contribution is 2.24. The fourth-order valence-corrected chi connectivity index (χ4v) is 1.54. The SMILES string of the molecule is CC1CC(C)(C)N=C(CC#N)O1. The average molecular weight is 166 g/mol. The first-order chi connectivity index (χ1) is 5.53. The molecule has 3 heteroatoms. The molecule has 0 aromatic rings. The van der Waals surface area contributed by atoms with Crippen molar-refractivity contribution in [2.45, 2.75) is 45.3 Å². The molecular weight excluding hydrogens is 152 g/mol. The number of rotatable bonds is 1. The molecule has 0 amide bonds. The van der Waals surface area contributed by atoms with E-state index in [1.54, 1.807) is 0 Å². The van der Waals surface area contributed by atoms with Gasteiger partial charge in [0.25, 0.3) is 0 Å². The summed E-state index contributed by atoms with van der Waals surface area (Å²) in [5, 5.41) is 8.46. The third-order valence-corrected chi connectivity index (χ3v) is 1.78. The lowest BCUT2D eigenvalue weighted by atomic mass is 9.97. The Morgan fingerprint density at radius 2 is 2.42 bits per heavy atom. The minimum atomic E-state index is -0.0656. The van der Waals surface area contributed by atoms with E-state index in [0.29, 0.717) is 5.90 Å². The highest BCUT2D eigenvalue weighted by atomic mass is 16.5. The molecule has 3 nitrogen and oxygen atoms in total. The van der Waals surface area contributed by atoms with Crippen LogP contribution in [0.1, 0.15) is 33.6 Å². The van der Waals surface area contributed by atoms with Crippen LogP contribution in [-0.2, 0) is 4.74 Å². The van der Waals surface area contributed by atoms with Crippen LogP contribution < -0.4 is 0 Å². The first-order valence-corrected chi connectivity index (χ1v) is 4.16. The lowest BCUT2D eigenvalue weighted by Crippen LogP contribution is -2.33. The number of aliphatic imine (C=N–C) groups is 1. The smallest absolute Gasteiger partial charge is 0.198 e. The zero-order valence-electron chi connectivity index (χ0n) is 7.79. The predicted molar refractivity (Wildman–Crippen MR) is 46.9 cm³/mol. The van der Waals surface area contributed by atoms with Gasteiger partial charge in [-0.3, -0.25) is 0 Å². The van der Waals surface area contributed by atoms with E-state index in [0.717, 1.165) is 6.42 Å². The van der Waals surface area contributed by atoms with E-state index >= 15 is 0 Å². The standard InChI is InChI=1S/C9H14N2O/c1-7-6-9(2,3)11-8(12-7)4-5-10/h7H,4,6H2,1-3H3. The predicted octanol–water partition coefficient (Wildman–Crippen LogP) is 1.89. The van der Waals surface area contributed by atoms with E-state index in [1.807, 2.05) is 13.0 Å². The van der Waals surface area contributed by atoms with Gasteiger partial charge in [0.05, 0.1) is 17.7 Å². The van der Waals surface area contributed by atoms with Crippen molar-refractivity contribution in [3.8, 4) is 6.07 Å². The van der Waals surface area contributed by atoms with Crippen LogP contribution in [0.3, 0.4) is 0 Å². The van der Waals surface area contributed by atoms with Crippen molar-refractivity contribution < 1.29 is 4.74 Å². The van der Waals surface area contributed by atoms with Crippen LogP contribution >= 0.6 is 0 Å². The molecular formula is C9H14N2O. The minimum Gasteiger partial charge on any atom is -0.477 e. The van der Waals surface area contributed by atoms with E-state index in [-0.39, 0.29) is 18.1 Å². The monoisotopic (exact) mass is 166 g/mol. The number of ether oxygens (including phenoxy) is 1. The Hall–Kier alpha value is -1.04. The molecule has 1 rings (SSSR count). The summed E-state index contributed by atoms with van der Waals surface area (Å²) in [6.07, 6.45) is 1.39. The summed E-state index contributed by atoms with van der Waals surface area (Å²) in [5.74, 6) is 0.584. The van der Waals surface area contributed by atoms with E-state index in [9.17, 15) is 0 Å². The highest BCUT2D eigenvalue weighted by Gasteiger charge is 2.27. The number of hydrogen-bond acceptors (Lipinski definition) is 3.